The van der Waals surface area contributed by atoms with Gasteiger partial charge in [-0.1, -0.05) is 32.9 Å². The molecule has 2 aliphatic rings. The van der Waals surface area contributed by atoms with Crippen molar-refractivity contribution in [2.45, 2.75) is 44.4 Å². The van der Waals surface area contributed by atoms with Gasteiger partial charge in [-0.15, -0.1) is 10.2 Å². The van der Waals surface area contributed by atoms with E-state index in [2.05, 4.69) is 33.5 Å². The number of aldehydes is 1. The third-order valence-corrected chi connectivity index (χ3v) is 6.79. The third-order valence-electron chi connectivity index (χ3n) is 6.79. The van der Waals surface area contributed by atoms with Crippen LogP contribution in [0.2, 0.25) is 0 Å². The minimum Gasteiger partial charge on any atom is -0.490 e. The van der Waals surface area contributed by atoms with Gasteiger partial charge in [0.15, 0.2) is 12.0 Å². The van der Waals surface area contributed by atoms with Crippen molar-refractivity contribution in [3.63, 3.8) is 0 Å². The van der Waals surface area contributed by atoms with Crippen molar-refractivity contribution >= 4 is 17.9 Å². The molecule has 0 radical (unpaired) electrons. The molecule has 0 spiro atoms. The summed E-state index contributed by atoms with van der Waals surface area (Å²) in [6.07, 6.45) is 4.38. The highest BCUT2D eigenvalue weighted by Gasteiger charge is 2.48. The predicted octanol–water partition coefficient (Wildman–Crippen LogP) is 3.66. The van der Waals surface area contributed by atoms with E-state index in [0.717, 1.165) is 24.2 Å². The molecule has 33 heavy (non-hydrogen) atoms. The van der Waals surface area contributed by atoms with Gasteiger partial charge < -0.3 is 14.6 Å². The second-order valence-electron chi connectivity index (χ2n) is 9.96. The molecule has 1 saturated carbocycles. The second-order valence-corrected chi connectivity index (χ2v) is 9.96. The van der Waals surface area contributed by atoms with Crippen molar-refractivity contribution in [3.05, 3.63) is 65.0 Å². The van der Waals surface area contributed by atoms with Crippen LogP contribution in [-0.4, -0.2) is 38.5 Å². The fraction of sp³-hybridized carbons (Fsp3) is 0.400. The number of amides is 1. The Morgan fingerprint density at radius 2 is 2.06 bits per heavy atom. The standard InChI is InChI=1S/C25H27N5O3/c1-15-10-25(11-15,23-29-26-14-30(23)4)17-6-5-7-18(9-17)27-22(32)19-8-16(12-31)20-21(28-19)24(2,3)13-33-20/h5-9,12,14-15H,10-11,13H2,1-4H3,(H,27,32). The van der Waals surface area contributed by atoms with E-state index in [0.29, 0.717) is 41.5 Å². The molecule has 2 aromatic heterocycles. The number of ether oxygens (including phenoxy) is 1. The van der Waals surface area contributed by atoms with Gasteiger partial charge in [0.1, 0.15) is 17.8 Å². The van der Waals surface area contributed by atoms with Crippen LogP contribution in [0.3, 0.4) is 0 Å². The Morgan fingerprint density at radius 1 is 1.27 bits per heavy atom. The zero-order valence-corrected chi connectivity index (χ0v) is 19.3. The molecular weight excluding hydrogens is 418 g/mol. The van der Waals surface area contributed by atoms with Gasteiger partial charge in [0, 0.05) is 18.2 Å². The molecule has 8 heteroatoms. The lowest BCUT2D eigenvalue weighted by molar-refractivity contribution is 0.102. The Labute approximate surface area is 192 Å². The largest absolute Gasteiger partial charge is 0.490 e. The minimum atomic E-state index is -0.368. The minimum absolute atomic E-state index is 0.195. The van der Waals surface area contributed by atoms with Crippen LogP contribution >= 0.6 is 0 Å². The zero-order chi connectivity index (χ0) is 23.4. The van der Waals surface area contributed by atoms with Crippen molar-refractivity contribution < 1.29 is 14.3 Å². The van der Waals surface area contributed by atoms with Gasteiger partial charge >= 0.3 is 0 Å². The number of rotatable bonds is 5. The Morgan fingerprint density at radius 3 is 2.73 bits per heavy atom. The Hall–Kier alpha value is -3.55. The first-order valence-corrected chi connectivity index (χ1v) is 11.1. The lowest BCUT2D eigenvalue weighted by Gasteiger charge is -2.46. The maximum absolute atomic E-state index is 13.1. The monoisotopic (exact) mass is 445 g/mol. The average molecular weight is 446 g/mol. The van der Waals surface area contributed by atoms with Crippen molar-refractivity contribution in [2.75, 3.05) is 11.9 Å². The summed E-state index contributed by atoms with van der Waals surface area (Å²) >= 11 is 0. The number of anilines is 1. The molecular formula is C25H27N5O3. The number of fused-ring (bicyclic) bond motifs is 1. The molecule has 1 amide bonds. The molecule has 170 valence electrons. The number of hydrogen-bond donors (Lipinski definition) is 1. The van der Waals surface area contributed by atoms with Crippen molar-refractivity contribution in [3.8, 4) is 5.75 Å². The predicted molar refractivity (Wildman–Crippen MR) is 123 cm³/mol. The number of pyridine rings is 1. The van der Waals surface area contributed by atoms with Crippen molar-refractivity contribution in [2.24, 2.45) is 13.0 Å². The number of nitrogens with one attached hydrogen (secondary N) is 1. The summed E-state index contributed by atoms with van der Waals surface area (Å²) in [5, 5.41) is 11.4. The highest BCUT2D eigenvalue weighted by atomic mass is 16.5. The first kappa shape index (κ1) is 21.3. The SMILES string of the molecule is CC1CC(c2cccc(NC(=O)c3cc(C=O)c4c(n3)C(C)(C)CO4)c2)(c2nncn2C)C1. The molecule has 1 aromatic carbocycles. The van der Waals surface area contributed by atoms with Crippen LogP contribution in [0.25, 0.3) is 0 Å². The van der Waals surface area contributed by atoms with Crippen LogP contribution in [0.15, 0.2) is 36.7 Å². The summed E-state index contributed by atoms with van der Waals surface area (Å²) in [6, 6.07) is 9.36. The van der Waals surface area contributed by atoms with Crippen LogP contribution in [0.4, 0.5) is 5.69 Å². The van der Waals surface area contributed by atoms with E-state index in [-0.39, 0.29) is 22.4 Å². The maximum atomic E-state index is 13.1. The van der Waals surface area contributed by atoms with E-state index in [4.69, 9.17) is 4.74 Å². The van der Waals surface area contributed by atoms with Crippen LogP contribution in [0, 0.1) is 5.92 Å². The summed E-state index contributed by atoms with van der Waals surface area (Å²) in [5.74, 6) is 1.62. The van der Waals surface area contributed by atoms with Gasteiger partial charge in [-0.05, 0) is 42.5 Å². The molecule has 1 aliphatic heterocycles. The molecule has 3 aromatic rings. The van der Waals surface area contributed by atoms with Gasteiger partial charge in [0.25, 0.3) is 5.91 Å². The molecule has 3 heterocycles. The molecule has 0 atom stereocenters. The maximum Gasteiger partial charge on any atom is 0.274 e. The fourth-order valence-electron chi connectivity index (χ4n) is 5.17. The summed E-state index contributed by atoms with van der Waals surface area (Å²) in [7, 11) is 1.96. The summed E-state index contributed by atoms with van der Waals surface area (Å²) in [5.41, 5.74) is 2.35. The van der Waals surface area contributed by atoms with Gasteiger partial charge in [-0.3, -0.25) is 9.59 Å². The van der Waals surface area contributed by atoms with Gasteiger partial charge in [0.05, 0.1) is 23.3 Å². The van der Waals surface area contributed by atoms with Crippen molar-refractivity contribution in [1.82, 2.24) is 19.7 Å². The first-order chi connectivity index (χ1) is 15.7. The highest BCUT2D eigenvalue weighted by molar-refractivity contribution is 6.04. The number of aryl methyl sites for hydroxylation is 1. The molecule has 0 bridgehead atoms. The molecule has 5 rings (SSSR count). The molecule has 0 saturated heterocycles. The fourth-order valence-corrected chi connectivity index (χ4v) is 5.17. The van der Waals surface area contributed by atoms with E-state index >= 15 is 0 Å². The van der Waals surface area contributed by atoms with Gasteiger partial charge in [0.2, 0.25) is 0 Å². The van der Waals surface area contributed by atoms with Crippen LogP contribution in [-0.2, 0) is 17.9 Å². The lowest BCUT2D eigenvalue weighted by Crippen LogP contribution is -2.43. The van der Waals surface area contributed by atoms with Crippen LogP contribution < -0.4 is 10.1 Å². The van der Waals surface area contributed by atoms with E-state index in [1.165, 1.54) is 6.07 Å². The zero-order valence-electron chi connectivity index (χ0n) is 19.3. The number of aromatic nitrogens is 4. The second kappa shape index (κ2) is 7.50. The number of benzene rings is 1. The van der Waals surface area contributed by atoms with E-state index in [1.54, 1.807) is 6.33 Å². The van der Waals surface area contributed by atoms with Crippen LogP contribution in [0.5, 0.6) is 5.75 Å². The topological polar surface area (TPSA) is 99.0 Å². The number of nitrogens with zero attached hydrogens (tertiary/aromatic N) is 4. The number of hydrogen-bond acceptors (Lipinski definition) is 6. The molecule has 1 N–H and O–H groups in total. The summed E-state index contributed by atoms with van der Waals surface area (Å²) in [4.78, 5) is 29.3. The third kappa shape index (κ3) is 3.41. The van der Waals surface area contributed by atoms with E-state index in [9.17, 15) is 9.59 Å². The van der Waals surface area contributed by atoms with Crippen LogP contribution in [0.1, 0.15) is 71.5 Å². The number of carbonyl (C=O) groups is 2. The van der Waals surface area contributed by atoms with Crippen molar-refractivity contribution in [1.29, 1.82) is 0 Å². The molecule has 1 aliphatic carbocycles. The Bertz CT molecular complexity index is 1260. The molecule has 1 fully saturated rings. The normalized spacial score (nSPS) is 22.7. The summed E-state index contributed by atoms with van der Waals surface area (Å²) in [6.45, 7) is 6.62. The average Bonchev–Trinajstić information content (AvgIpc) is 3.33. The van der Waals surface area contributed by atoms with E-state index in [1.807, 2.05) is 43.7 Å². The lowest BCUT2D eigenvalue weighted by atomic mass is 9.58. The molecule has 0 unspecified atom stereocenters. The highest BCUT2D eigenvalue weighted by Crippen LogP contribution is 2.51. The summed E-state index contributed by atoms with van der Waals surface area (Å²) < 4.78 is 7.64. The Balaban J connectivity index is 1.46. The first-order valence-electron chi connectivity index (χ1n) is 11.1. The smallest absolute Gasteiger partial charge is 0.274 e. The molecule has 8 nitrogen and oxygen atoms in total. The van der Waals surface area contributed by atoms with Gasteiger partial charge in [-0.2, -0.15) is 0 Å². The van der Waals surface area contributed by atoms with E-state index < -0.39 is 0 Å². The Kier molecular flexibility index (Phi) is 4.84. The number of carbonyl (C=O) groups excluding carboxylic acids is 2. The van der Waals surface area contributed by atoms with Gasteiger partial charge in [-0.25, -0.2) is 4.98 Å². The quantitative estimate of drug-likeness (QED) is 0.602.